The predicted octanol–water partition coefficient (Wildman–Crippen LogP) is 5.87. The molecule has 0 aromatic heterocycles. The average Bonchev–Trinajstić information content (AvgIpc) is 2.45. The van der Waals surface area contributed by atoms with Gasteiger partial charge in [-0.3, -0.25) is 4.79 Å². The molecule has 0 N–H and O–H groups in total. The van der Waals surface area contributed by atoms with Crippen molar-refractivity contribution < 1.29 is 4.79 Å². The van der Waals surface area contributed by atoms with Gasteiger partial charge in [0.1, 0.15) is 5.78 Å². The van der Waals surface area contributed by atoms with E-state index in [1.54, 1.807) is 6.92 Å². The smallest absolute Gasteiger partial charge is 0.132 e. The summed E-state index contributed by atoms with van der Waals surface area (Å²) in [6, 6.07) is 0. The summed E-state index contributed by atoms with van der Waals surface area (Å²) in [6.45, 7) is 16.0. The lowest BCUT2D eigenvalue weighted by Gasteiger charge is -2.25. The first-order chi connectivity index (χ1) is 8.24. The van der Waals surface area contributed by atoms with Gasteiger partial charge in [-0.05, 0) is 38.5 Å². The van der Waals surface area contributed by atoms with E-state index in [1.165, 1.54) is 19.3 Å². The van der Waals surface area contributed by atoms with Crippen molar-refractivity contribution in [3.05, 3.63) is 0 Å². The number of hydrogen-bond donors (Lipinski definition) is 0. The molecule has 0 unspecified atom stereocenters. The van der Waals surface area contributed by atoms with Crippen molar-refractivity contribution in [1.82, 2.24) is 0 Å². The van der Waals surface area contributed by atoms with Crippen LogP contribution in [0.15, 0.2) is 0 Å². The molecule has 1 heteroatoms. The molecule has 1 saturated carbocycles. The van der Waals surface area contributed by atoms with Crippen molar-refractivity contribution in [1.29, 1.82) is 0 Å². The van der Waals surface area contributed by atoms with Gasteiger partial charge in [0.2, 0.25) is 0 Å². The van der Waals surface area contributed by atoms with E-state index < -0.39 is 0 Å². The summed E-state index contributed by atoms with van der Waals surface area (Å²) < 4.78 is 0. The summed E-state index contributed by atoms with van der Waals surface area (Å²) in [4.78, 5) is 11.0. The van der Waals surface area contributed by atoms with Gasteiger partial charge in [-0.25, -0.2) is 0 Å². The van der Waals surface area contributed by atoms with Gasteiger partial charge in [0.25, 0.3) is 0 Å². The molecule has 1 aliphatic rings. The zero-order valence-corrected chi connectivity index (χ0v) is 13.6. The molecule has 0 radical (unpaired) electrons. The third-order valence-corrected chi connectivity index (χ3v) is 3.00. The van der Waals surface area contributed by atoms with Crippen molar-refractivity contribution >= 4 is 5.78 Å². The van der Waals surface area contributed by atoms with Crippen LogP contribution < -0.4 is 0 Å². The van der Waals surface area contributed by atoms with Gasteiger partial charge in [0.15, 0.2) is 0 Å². The fourth-order valence-electron chi connectivity index (χ4n) is 1.98. The van der Waals surface area contributed by atoms with Gasteiger partial charge < -0.3 is 0 Å². The first kappa shape index (κ1) is 21.9. The fraction of sp³-hybridized carbons (Fsp3) is 0.938. The summed E-state index contributed by atoms with van der Waals surface area (Å²) >= 11 is 0. The Morgan fingerprint density at radius 2 is 1.24 bits per heavy atom. The Labute approximate surface area is 110 Å². The third kappa shape index (κ3) is 11.9. The maximum Gasteiger partial charge on any atom is 0.132 e. The molecule has 0 amide bonds. The van der Waals surface area contributed by atoms with Crippen molar-refractivity contribution in [2.24, 2.45) is 11.8 Å². The van der Waals surface area contributed by atoms with Gasteiger partial charge in [-0.1, -0.05) is 54.9 Å². The Bertz CT molecular complexity index is 132. The monoisotopic (exact) mass is 244 g/mol. The maximum absolute atomic E-state index is 11.0. The highest BCUT2D eigenvalue weighted by Crippen LogP contribution is 2.30. The summed E-state index contributed by atoms with van der Waals surface area (Å²) in [6.07, 6.45) is 6.15. The van der Waals surface area contributed by atoms with Crippen LogP contribution in [0, 0.1) is 11.8 Å². The fourth-order valence-corrected chi connectivity index (χ4v) is 1.98. The first-order valence-corrected chi connectivity index (χ1v) is 7.74. The lowest BCUT2D eigenvalue weighted by atomic mass is 9.79. The van der Waals surface area contributed by atoms with Crippen molar-refractivity contribution in [3.8, 4) is 0 Å². The SMILES string of the molecule is CC.CC.CC.CCC1CCC(C(C)=O)CC1. The molecule has 1 rings (SSSR count). The zero-order valence-electron chi connectivity index (χ0n) is 13.6. The number of hydrogen-bond acceptors (Lipinski definition) is 1. The number of Topliss-reactive ketones (excluding diaryl/α,β-unsaturated/α-hetero) is 1. The van der Waals surface area contributed by atoms with E-state index in [-0.39, 0.29) is 0 Å². The lowest BCUT2D eigenvalue weighted by molar-refractivity contribution is -0.121. The highest BCUT2D eigenvalue weighted by atomic mass is 16.1. The molecule has 106 valence electrons. The van der Waals surface area contributed by atoms with Crippen molar-refractivity contribution in [3.63, 3.8) is 0 Å². The van der Waals surface area contributed by atoms with Gasteiger partial charge in [-0.15, -0.1) is 0 Å². The Morgan fingerprint density at radius 1 is 0.882 bits per heavy atom. The number of rotatable bonds is 2. The van der Waals surface area contributed by atoms with Crippen LogP contribution in [0.25, 0.3) is 0 Å². The van der Waals surface area contributed by atoms with E-state index >= 15 is 0 Å². The minimum atomic E-state index is 0.401. The predicted molar refractivity (Wildman–Crippen MR) is 80.5 cm³/mol. The van der Waals surface area contributed by atoms with E-state index in [0.717, 1.165) is 18.8 Å². The maximum atomic E-state index is 11.0. The first-order valence-electron chi connectivity index (χ1n) is 7.74. The van der Waals surface area contributed by atoms with Gasteiger partial charge in [0.05, 0.1) is 0 Å². The number of carbonyl (C=O) groups is 1. The number of ketones is 1. The van der Waals surface area contributed by atoms with Gasteiger partial charge in [-0.2, -0.15) is 0 Å². The molecular formula is C16H36O. The molecule has 0 aliphatic heterocycles. The molecular weight excluding hydrogens is 208 g/mol. The second-order valence-electron chi connectivity index (χ2n) is 3.74. The van der Waals surface area contributed by atoms with Crippen molar-refractivity contribution in [2.75, 3.05) is 0 Å². The quantitative estimate of drug-likeness (QED) is 0.593. The van der Waals surface area contributed by atoms with Crippen LogP contribution in [0.5, 0.6) is 0 Å². The van der Waals surface area contributed by atoms with Crippen LogP contribution in [-0.4, -0.2) is 5.78 Å². The van der Waals surface area contributed by atoms with Crippen LogP contribution in [0.2, 0.25) is 0 Å². The Morgan fingerprint density at radius 3 is 1.47 bits per heavy atom. The summed E-state index contributed by atoms with van der Waals surface area (Å²) in [5, 5.41) is 0. The van der Waals surface area contributed by atoms with E-state index in [9.17, 15) is 4.79 Å². The summed E-state index contributed by atoms with van der Waals surface area (Å²) in [5.41, 5.74) is 0. The van der Waals surface area contributed by atoms with Crippen LogP contribution in [0.4, 0.5) is 0 Å². The molecule has 0 heterocycles. The largest absolute Gasteiger partial charge is 0.300 e. The molecule has 0 aromatic carbocycles. The number of carbonyl (C=O) groups excluding carboxylic acids is 1. The lowest BCUT2D eigenvalue weighted by Crippen LogP contribution is -2.19. The van der Waals surface area contributed by atoms with Crippen LogP contribution in [-0.2, 0) is 4.79 Å². The Balaban J connectivity index is -0.000000285. The Hall–Kier alpha value is -0.330. The molecule has 1 fully saturated rings. The summed E-state index contributed by atoms with van der Waals surface area (Å²) in [7, 11) is 0. The normalized spacial score (nSPS) is 21.6. The van der Waals surface area contributed by atoms with E-state index in [1.807, 2.05) is 41.5 Å². The van der Waals surface area contributed by atoms with Crippen LogP contribution in [0.3, 0.4) is 0 Å². The van der Waals surface area contributed by atoms with E-state index in [0.29, 0.717) is 11.7 Å². The summed E-state index contributed by atoms with van der Waals surface area (Å²) in [5.74, 6) is 1.71. The highest BCUT2D eigenvalue weighted by molar-refractivity contribution is 5.78. The minimum absolute atomic E-state index is 0.401. The molecule has 0 aromatic rings. The van der Waals surface area contributed by atoms with Crippen LogP contribution >= 0.6 is 0 Å². The highest BCUT2D eigenvalue weighted by Gasteiger charge is 2.22. The molecule has 0 spiro atoms. The second kappa shape index (κ2) is 18.0. The molecule has 0 bridgehead atoms. The molecule has 0 saturated heterocycles. The molecule has 1 aliphatic carbocycles. The standard InChI is InChI=1S/C10H18O.3C2H6/c1-3-9-4-6-10(7-5-9)8(2)11;3*1-2/h9-10H,3-7H2,1-2H3;3*1-2H3. The van der Waals surface area contributed by atoms with Gasteiger partial charge in [0, 0.05) is 5.92 Å². The van der Waals surface area contributed by atoms with E-state index in [2.05, 4.69) is 6.92 Å². The molecule has 1 nitrogen and oxygen atoms in total. The van der Waals surface area contributed by atoms with E-state index in [4.69, 9.17) is 0 Å². The van der Waals surface area contributed by atoms with Crippen LogP contribution in [0.1, 0.15) is 87.5 Å². The Kier molecular flexibility index (Phi) is 23.3. The third-order valence-electron chi connectivity index (χ3n) is 3.00. The topological polar surface area (TPSA) is 17.1 Å². The molecule has 17 heavy (non-hydrogen) atoms. The molecule has 0 atom stereocenters. The van der Waals surface area contributed by atoms with Crippen molar-refractivity contribution in [2.45, 2.75) is 87.5 Å². The second-order valence-corrected chi connectivity index (χ2v) is 3.74. The minimum Gasteiger partial charge on any atom is -0.300 e. The van der Waals surface area contributed by atoms with Gasteiger partial charge >= 0.3 is 0 Å². The average molecular weight is 244 g/mol. The zero-order chi connectivity index (χ0) is 14.3.